The molecule has 0 spiro atoms. The molecule has 2 aromatic heterocycles. The largest absolute Gasteiger partial charge is 0.343 e. The zero-order valence-corrected chi connectivity index (χ0v) is 13.1. The van der Waals surface area contributed by atoms with Crippen LogP contribution in [0.15, 0.2) is 18.3 Å². The van der Waals surface area contributed by atoms with Gasteiger partial charge in [0.15, 0.2) is 0 Å². The molecule has 0 aliphatic heterocycles. The number of pyridine rings is 1. The highest BCUT2D eigenvalue weighted by Crippen LogP contribution is 2.20. The van der Waals surface area contributed by atoms with Crippen molar-refractivity contribution in [1.29, 1.82) is 0 Å². The van der Waals surface area contributed by atoms with E-state index in [0.717, 1.165) is 22.0 Å². The predicted molar refractivity (Wildman–Crippen MR) is 84.2 cm³/mol. The second kappa shape index (κ2) is 6.64. The fourth-order valence-electron chi connectivity index (χ4n) is 1.89. The summed E-state index contributed by atoms with van der Waals surface area (Å²) in [5, 5.41) is 3.83. The average molecular weight is 305 g/mol. The van der Waals surface area contributed by atoms with Gasteiger partial charge in [-0.1, -0.05) is 6.92 Å². The minimum absolute atomic E-state index is 0.135. The Morgan fingerprint density at radius 1 is 1.48 bits per heavy atom. The number of hydrogen-bond acceptors (Lipinski definition) is 6. The second-order valence-electron chi connectivity index (χ2n) is 4.73. The highest BCUT2D eigenvalue weighted by atomic mass is 32.1. The lowest BCUT2D eigenvalue weighted by atomic mass is 10.1. The van der Waals surface area contributed by atoms with Crippen LogP contribution in [0.1, 0.15) is 45.8 Å². The van der Waals surface area contributed by atoms with Crippen LogP contribution in [-0.4, -0.2) is 15.9 Å². The van der Waals surface area contributed by atoms with Gasteiger partial charge in [0.05, 0.1) is 6.04 Å². The summed E-state index contributed by atoms with van der Waals surface area (Å²) in [6.45, 7) is 5.89. The molecule has 2 rings (SSSR count). The molecule has 1 amide bonds. The Morgan fingerprint density at radius 2 is 2.24 bits per heavy atom. The molecular formula is C14H19N5OS. The first-order chi connectivity index (χ1) is 10.0. The monoisotopic (exact) mass is 305 g/mol. The van der Waals surface area contributed by atoms with E-state index in [2.05, 4.69) is 20.7 Å². The van der Waals surface area contributed by atoms with Crippen molar-refractivity contribution in [2.45, 2.75) is 33.2 Å². The van der Waals surface area contributed by atoms with Crippen molar-refractivity contribution in [2.24, 2.45) is 5.84 Å². The summed E-state index contributed by atoms with van der Waals surface area (Å²) in [7, 11) is 0. The molecule has 21 heavy (non-hydrogen) atoms. The number of nitrogen functional groups attached to an aromatic ring is 1. The van der Waals surface area contributed by atoms with E-state index in [1.807, 2.05) is 20.8 Å². The molecule has 0 aromatic carbocycles. The lowest BCUT2D eigenvalue weighted by Crippen LogP contribution is -2.27. The molecule has 0 bridgehead atoms. The molecule has 0 fully saturated rings. The zero-order chi connectivity index (χ0) is 15.4. The molecule has 4 N–H and O–H groups in total. The van der Waals surface area contributed by atoms with Gasteiger partial charge < -0.3 is 10.7 Å². The molecule has 0 aliphatic rings. The van der Waals surface area contributed by atoms with Crippen molar-refractivity contribution >= 4 is 23.1 Å². The van der Waals surface area contributed by atoms with Crippen molar-refractivity contribution in [3.63, 3.8) is 0 Å². The number of hydrogen-bond donors (Lipinski definition) is 3. The third-order valence-electron chi connectivity index (χ3n) is 3.01. The number of aryl methyl sites for hydroxylation is 2. The highest BCUT2D eigenvalue weighted by molar-refractivity contribution is 7.11. The van der Waals surface area contributed by atoms with Crippen molar-refractivity contribution in [3.8, 4) is 0 Å². The van der Waals surface area contributed by atoms with Gasteiger partial charge in [-0.25, -0.2) is 15.8 Å². The van der Waals surface area contributed by atoms with Crippen molar-refractivity contribution in [3.05, 3.63) is 39.5 Å². The minimum atomic E-state index is -0.163. The smallest absolute Gasteiger partial charge is 0.252 e. The SMILES string of the molecule is CCc1cc(C(=O)NC(C)c2ncc(C)s2)cc(NN)n1. The highest BCUT2D eigenvalue weighted by Gasteiger charge is 2.15. The number of nitrogens with zero attached hydrogens (tertiary/aromatic N) is 2. The van der Waals surface area contributed by atoms with Gasteiger partial charge in [-0.2, -0.15) is 0 Å². The van der Waals surface area contributed by atoms with Gasteiger partial charge in [0.1, 0.15) is 10.8 Å². The molecule has 1 unspecified atom stereocenters. The van der Waals surface area contributed by atoms with Gasteiger partial charge in [-0.15, -0.1) is 11.3 Å². The van der Waals surface area contributed by atoms with Crippen LogP contribution in [0.25, 0.3) is 0 Å². The number of nitrogens with two attached hydrogens (primary N) is 1. The summed E-state index contributed by atoms with van der Waals surface area (Å²) in [4.78, 5) is 22.0. The minimum Gasteiger partial charge on any atom is -0.343 e. The fourth-order valence-corrected chi connectivity index (χ4v) is 2.66. The lowest BCUT2D eigenvalue weighted by Gasteiger charge is -2.12. The van der Waals surface area contributed by atoms with Gasteiger partial charge in [0.25, 0.3) is 5.91 Å². The van der Waals surface area contributed by atoms with Crippen LogP contribution in [0.2, 0.25) is 0 Å². The summed E-state index contributed by atoms with van der Waals surface area (Å²) >= 11 is 1.58. The summed E-state index contributed by atoms with van der Waals surface area (Å²) < 4.78 is 0. The molecule has 2 aromatic rings. The van der Waals surface area contributed by atoms with E-state index in [1.54, 1.807) is 29.7 Å². The Kier molecular flexibility index (Phi) is 4.87. The van der Waals surface area contributed by atoms with E-state index < -0.39 is 0 Å². The van der Waals surface area contributed by atoms with Crippen molar-refractivity contribution in [1.82, 2.24) is 15.3 Å². The van der Waals surface area contributed by atoms with Crippen LogP contribution in [0.4, 0.5) is 5.82 Å². The van der Waals surface area contributed by atoms with Crippen LogP contribution >= 0.6 is 11.3 Å². The van der Waals surface area contributed by atoms with E-state index in [0.29, 0.717) is 11.4 Å². The van der Waals surface area contributed by atoms with Gasteiger partial charge in [0, 0.05) is 22.3 Å². The van der Waals surface area contributed by atoms with Crippen LogP contribution in [0.5, 0.6) is 0 Å². The number of nitrogens with one attached hydrogen (secondary N) is 2. The lowest BCUT2D eigenvalue weighted by molar-refractivity contribution is 0.0939. The maximum absolute atomic E-state index is 12.3. The molecule has 0 radical (unpaired) electrons. The van der Waals surface area contributed by atoms with Gasteiger partial charge in [-0.05, 0) is 32.4 Å². The third-order valence-corrected chi connectivity index (χ3v) is 4.10. The molecular weight excluding hydrogens is 286 g/mol. The van der Waals surface area contributed by atoms with Crippen molar-refractivity contribution in [2.75, 3.05) is 5.43 Å². The van der Waals surface area contributed by atoms with Crippen LogP contribution in [0, 0.1) is 6.92 Å². The number of aromatic nitrogens is 2. The summed E-state index contributed by atoms with van der Waals surface area (Å²) in [6, 6.07) is 3.27. The molecule has 0 saturated heterocycles. The first kappa shape index (κ1) is 15.4. The van der Waals surface area contributed by atoms with Crippen LogP contribution in [-0.2, 0) is 6.42 Å². The Morgan fingerprint density at radius 3 is 2.81 bits per heavy atom. The normalized spacial score (nSPS) is 12.0. The van der Waals surface area contributed by atoms with E-state index in [4.69, 9.17) is 5.84 Å². The molecule has 2 heterocycles. The fraction of sp³-hybridized carbons (Fsp3) is 0.357. The Balaban J connectivity index is 2.16. The molecule has 6 nitrogen and oxygen atoms in total. The number of anilines is 1. The van der Waals surface area contributed by atoms with Gasteiger partial charge >= 0.3 is 0 Å². The maximum Gasteiger partial charge on any atom is 0.252 e. The summed E-state index contributed by atoms with van der Waals surface area (Å²) in [5.41, 5.74) is 3.83. The number of carbonyl (C=O) groups is 1. The Hall–Kier alpha value is -1.99. The number of thiazole rings is 1. The number of amides is 1. The molecule has 112 valence electrons. The van der Waals surface area contributed by atoms with E-state index in [9.17, 15) is 4.79 Å². The Labute approximate surface area is 127 Å². The predicted octanol–water partition coefficient (Wildman–Crippen LogP) is 2.19. The van der Waals surface area contributed by atoms with Crippen LogP contribution < -0.4 is 16.6 Å². The maximum atomic E-state index is 12.3. The molecule has 0 saturated carbocycles. The second-order valence-corrected chi connectivity index (χ2v) is 6.00. The first-order valence-electron chi connectivity index (χ1n) is 6.74. The molecule has 0 aliphatic carbocycles. The van der Waals surface area contributed by atoms with Crippen molar-refractivity contribution < 1.29 is 4.79 Å². The summed E-state index contributed by atoms with van der Waals surface area (Å²) in [6.07, 6.45) is 2.54. The average Bonchev–Trinajstić information content (AvgIpc) is 2.93. The standard InChI is InChI=1S/C14H19N5OS/c1-4-11-5-10(6-12(18-11)19-15)13(20)17-9(3)14-16-7-8(2)21-14/h5-7,9H,4,15H2,1-3H3,(H,17,20)(H,18,19). The first-order valence-corrected chi connectivity index (χ1v) is 7.56. The number of hydrazine groups is 1. The molecule has 1 atom stereocenters. The third kappa shape index (κ3) is 3.77. The van der Waals surface area contributed by atoms with Gasteiger partial charge in [-0.3, -0.25) is 4.79 Å². The topological polar surface area (TPSA) is 92.9 Å². The van der Waals surface area contributed by atoms with E-state index in [-0.39, 0.29) is 11.9 Å². The number of carbonyl (C=O) groups excluding carboxylic acids is 1. The zero-order valence-electron chi connectivity index (χ0n) is 12.3. The van der Waals surface area contributed by atoms with E-state index in [1.165, 1.54) is 0 Å². The summed E-state index contributed by atoms with van der Waals surface area (Å²) in [5.74, 6) is 5.71. The Bertz CT molecular complexity index is 618. The van der Waals surface area contributed by atoms with Gasteiger partial charge in [0.2, 0.25) is 0 Å². The molecule has 7 heteroatoms. The quantitative estimate of drug-likeness (QED) is 0.581. The number of rotatable bonds is 5. The van der Waals surface area contributed by atoms with Crippen LogP contribution in [0.3, 0.4) is 0 Å². The van der Waals surface area contributed by atoms with E-state index >= 15 is 0 Å².